The molecule has 2 amide bonds. The number of benzene rings is 1. The molecule has 1 saturated heterocycles. The van der Waals surface area contributed by atoms with Crippen molar-refractivity contribution in [3.8, 4) is 0 Å². The fourth-order valence-electron chi connectivity index (χ4n) is 2.29. The Hall–Kier alpha value is -1.92. The molecule has 1 aliphatic heterocycles. The third-order valence-corrected chi connectivity index (χ3v) is 3.57. The van der Waals surface area contributed by atoms with E-state index in [2.05, 4.69) is 10.6 Å². The topological polar surface area (TPSA) is 93.5 Å². The standard InChI is InChI=1S/C15H21N3O3/c1-17-14(19)11-4-2-10(3-5-11)9-18-15(20)13-7-6-12(8-16)21-13/h2-5,12-13H,6-9,16H2,1H3,(H,17,19)(H,18,20). The molecule has 1 aromatic carbocycles. The molecule has 6 heteroatoms. The minimum atomic E-state index is -0.399. The van der Waals surface area contributed by atoms with Gasteiger partial charge in [-0.3, -0.25) is 9.59 Å². The fourth-order valence-corrected chi connectivity index (χ4v) is 2.29. The number of hydrogen-bond donors (Lipinski definition) is 3. The summed E-state index contributed by atoms with van der Waals surface area (Å²) in [7, 11) is 1.59. The molecular weight excluding hydrogens is 270 g/mol. The summed E-state index contributed by atoms with van der Waals surface area (Å²) < 4.78 is 5.54. The van der Waals surface area contributed by atoms with Crippen LogP contribution in [0.4, 0.5) is 0 Å². The summed E-state index contributed by atoms with van der Waals surface area (Å²) in [6, 6.07) is 7.11. The smallest absolute Gasteiger partial charge is 0.251 e. The molecule has 4 N–H and O–H groups in total. The van der Waals surface area contributed by atoms with Crippen LogP contribution in [0, 0.1) is 0 Å². The van der Waals surface area contributed by atoms with E-state index in [1.807, 2.05) is 12.1 Å². The number of rotatable bonds is 5. The van der Waals surface area contributed by atoms with Crippen LogP contribution in [0.15, 0.2) is 24.3 Å². The molecule has 1 fully saturated rings. The molecule has 2 rings (SSSR count). The average molecular weight is 291 g/mol. The van der Waals surface area contributed by atoms with E-state index in [0.29, 0.717) is 25.1 Å². The third-order valence-electron chi connectivity index (χ3n) is 3.57. The van der Waals surface area contributed by atoms with Crippen molar-refractivity contribution in [1.29, 1.82) is 0 Å². The van der Waals surface area contributed by atoms with Crippen molar-refractivity contribution >= 4 is 11.8 Å². The maximum absolute atomic E-state index is 12.0. The predicted molar refractivity (Wildman–Crippen MR) is 78.6 cm³/mol. The normalized spacial score (nSPS) is 21.0. The van der Waals surface area contributed by atoms with Gasteiger partial charge < -0.3 is 21.1 Å². The zero-order chi connectivity index (χ0) is 15.2. The molecule has 2 atom stereocenters. The second kappa shape index (κ2) is 7.19. The SMILES string of the molecule is CNC(=O)c1ccc(CNC(=O)C2CCC(CN)O2)cc1. The number of nitrogens with two attached hydrogens (primary N) is 1. The summed E-state index contributed by atoms with van der Waals surface area (Å²) in [5, 5.41) is 5.41. The van der Waals surface area contributed by atoms with E-state index in [4.69, 9.17) is 10.5 Å². The highest BCUT2D eigenvalue weighted by Crippen LogP contribution is 2.18. The van der Waals surface area contributed by atoms with Crippen LogP contribution in [0.1, 0.15) is 28.8 Å². The Morgan fingerprint density at radius 1 is 1.29 bits per heavy atom. The Bertz CT molecular complexity index is 501. The van der Waals surface area contributed by atoms with Crippen molar-refractivity contribution < 1.29 is 14.3 Å². The molecule has 0 radical (unpaired) electrons. The Morgan fingerprint density at radius 2 is 2.00 bits per heavy atom. The molecule has 0 saturated carbocycles. The molecule has 6 nitrogen and oxygen atoms in total. The van der Waals surface area contributed by atoms with Crippen molar-refractivity contribution in [2.75, 3.05) is 13.6 Å². The van der Waals surface area contributed by atoms with Gasteiger partial charge in [0.25, 0.3) is 5.91 Å². The summed E-state index contributed by atoms with van der Waals surface area (Å²) in [6.07, 6.45) is 1.13. The summed E-state index contributed by atoms with van der Waals surface area (Å²) in [4.78, 5) is 23.4. The number of ether oxygens (including phenoxy) is 1. The molecule has 0 aliphatic carbocycles. The van der Waals surface area contributed by atoms with Crippen molar-refractivity contribution in [2.24, 2.45) is 5.73 Å². The van der Waals surface area contributed by atoms with Crippen LogP contribution in [-0.2, 0) is 16.1 Å². The summed E-state index contributed by atoms with van der Waals surface area (Å²) in [6.45, 7) is 0.866. The van der Waals surface area contributed by atoms with Gasteiger partial charge in [0, 0.05) is 25.7 Å². The van der Waals surface area contributed by atoms with Crippen molar-refractivity contribution in [2.45, 2.75) is 31.6 Å². The fraction of sp³-hybridized carbons (Fsp3) is 0.467. The van der Waals surface area contributed by atoms with Gasteiger partial charge in [-0.2, -0.15) is 0 Å². The summed E-state index contributed by atoms with van der Waals surface area (Å²) in [5.74, 6) is -0.237. The molecule has 2 unspecified atom stereocenters. The molecule has 1 aliphatic rings. The van der Waals surface area contributed by atoms with Crippen LogP contribution < -0.4 is 16.4 Å². The van der Waals surface area contributed by atoms with Gasteiger partial charge >= 0.3 is 0 Å². The van der Waals surface area contributed by atoms with Crippen LogP contribution in [0.25, 0.3) is 0 Å². The van der Waals surface area contributed by atoms with Gasteiger partial charge in [-0.05, 0) is 30.5 Å². The molecule has 0 spiro atoms. The van der Waals surface area contributed by atoms with Crippen molar-refractivity contribution in [3.63, 3.8) is 0 Å². The number of hydrogen-bond acceptors (Lipinski definition) is 4. The highest BCUT2D eigenvalue weighted by Gasteiger charge is 2.29. The zero-order valence-electron chi connectivity index (χ0n) is 12.1. The molecule has 114 valence electrons. The van der Waals surface area contributed by atoms with Crippen LogP contribution in [0.3, 0.4) is 0 Å². The van der Waals surface area contributed by atoms with Gasteiger partial charge in [0.1, 0.15) is 6.10 Å². The lowest BCUT2D eigenvalue weighted by molar-refractivity contribution is -0.132. The van der Waals surface area contributed by atoms with E-state index >= 15 is 0 Å². The Balaban J connectivity index is 1.83. The van der Waals surface area contributed by atoms with Gasteiger partial charge in [0.15, 0.2) is 0 Å². The first-order chi connectivity index (χ1) is 10.1. The van der Waals surface area contributed by atoms with Crippen molar-refractivity contribution in [3.05, 3.63) is 35.4 Å². The lowest BCUT2D eigenvalue weighted by Crippen LogP contribution is -2.35. The second-order valence-electron chi connectivity index (χ2n) is 5.05. The second-order valence-corrected chi connectivity index (χ2v) is 5.05. The molecule has 21 heavy (non-hydrogen) atoms. The van der Waals surface area contributed by atoms with Crippen LogP contribution in [-0.4, -0.2) is 37.6 Å². The average Bonchev–Trinajstić information content (AvgIpc) is 3.01. The van der Waals surface area contributed by atoms with Crippen molar-refractivity contribution in [1.82, 2.24) is 10.6 Å². The van der Waals surface area contributed by atoms with Gasteiger partial charge in [0.2, 0.25) is 5.91 Å². The number of carbonyl (C=O) groups is 2. The van der Waals surface area contributed by atoms with Crippen LogP contribution in [0.5, 0.6) is 0 Å². The van der Waals surface area contributed by atoms with Gasteiger partial charge in [-0.1, -0.05) is 12.1 Å². The van der Waals surface area contributed by atoms with E-state index in [1.165, 1.54) is 0 Å². The Kier molecular flexibility index (Phi) is 5.30. The molecule has 0 bridgehead atoms. The maximum atomic E-state index is 12.0. The highest BCUT2D eigenvalue weighted by atomic mass is 16.5. The van der Waals surface area contributed by atoms with Crippen LogP contribution in [0.2, 0.25) is 0 Å². The minimum absolute atomic E-state index is 0.00686. The van der Waals surface area contributed by atoms with Crippen LogP contribution >= 0.6 is 0 Å². The first-order valence-corrected chi connectivity index (χ1v) is 7.08. The highest BCUT2D eigenvalue weighted by molar-refractivity contribution is 5.93. The third kappa shape index (κ3) is 4.03. The maximum Gasteiger partial charge on any atom is 0.251 e. The lowest BCUT2D eigenvalue weighted by Gasteiger charge is -2.12. The Morgan fingerprint density at radius 3 is 2.57 bits per heavy atom. The minimum Gasteiger partial charge on any atom is -0.364 e. The summed E-state index contributed by atoms with van der Waals surface area (Å²) >= 11 is 0. The van der Waals surface area contributed by atoms with Gasteiger partial charge in [-0.25, -0.2) is 0 Å². The molecule has 0 aromatic heterocycles. The lowest BCUT2D eigenvalue weighted by atomic mass is 10.1. The quantitative estimate of drug-likeness (QED) is 0.721. The van der Waals surface area contributed by atoms with E-state index in [9.17, 15) is 9.59 Å². The first kappa shape index (κ1) is 15.5. The summed E-state index contributed by atoms with van der Waals surface area (Å²) in [5.41, 5.74) is 7.05. The number of nitrogens with one attached hydrogen (secondary N) is 2. The molecule has 1 heterocycles. The van der Waals surface area contributed by atoms with E-state index in [-0.39, 0.29) is 17.9 Å². The predicted octanol–water partition coefficient (Wildman–Crippen LogP) is 0.169. The number of amides is 2. The first-order valence-electron chi connectivity index (χ1n) is 7.08. The van der Waals surface area contributed by atoms with E-state index in [0.717, 1.165) is 12.0 Å². The van der Waals surface area contributed by atoms with Gasteiger partial charge in [-0.15, -0.1) is 0 Å². The van der Waals surface area contributed by atoms with Gasteiger partial charge in [0.05, 0.1) is 6.10 Å². The van der Waals surface area contributed by atoms with E-state index < -0.39 is 6.10 Å². The molecular formula is C15H21N3O3. The zero-order valence-corrected chi connectivity index (χ0v) is 12.1. The monoisotopic (exact) mass is 291 g/mol. The molecule has 1 aromatic rings. The largest absolute Gasteiger partial charge is 0.364 e. The van der Waals surface area contributed by atoms with E-state index in [1.54, 1.807) is 19.2 Å². The Labute approximate surface area is 124 Å². The number of carbonyl (C=O) groups excluding carboxylic acids is 2.